The van der Waals surface area contributed by atoms with Crippen LogP contribution in [-0.2, 0) is 0 Å². The number of anilines is 1. The van der Waals surface area contributed by atoms with E-state index in [9.17, 15) is 4.39 Å². The van der Waals surface area contributed by atoms with Crippen LogP contribution in [0, 0.1) is 18.3 Å². The summed E-state index contributed by atoms with van der Waals surface area (Å²) in [5.74, 6) is 1.76. The largest absolute Gasteiger partial charge is 0.364 e. The number of terminal acetylenes is 1. The van der Waals surface area contributed by atoms with Gasteiger partial charge in [0, 0.05) is 25.2 Å². The molecule has 0 spiro atoms. The Bertz CT molecular complexity index is 466. The van der Waals surface area contributed by atoms with Crippen LogP contribution in [0.3, 0.4) is 0 Å². The number of fused-ring (bicyclic) bond motifs is 2. The average Bonchev–Trinajstić information content (AvgIpc) is 2.91. The Morgan fingerprint density at radius 2 is 2.50 bits per heavy atom. The lowest BCUT2D eigenvalue weighted by Gasteiger charge is -2.29. The Balaban J connectivity index is 1.93. The molecule has 3 heterocycles. The maximum absolute atomic E-state index is 13.2. The Labute approximate surface area is 93.7 Å². The number of hydrogen-bond acceptors (Lipinski definition) is 3. The third kappa shape index (κ3) is 1.36. The van der Waals surface area contributed by atoms with Crippen molar-refractivity contribution in [3.05, 3.63) is 23.8 Å². The Morgan fingerprint density at radius 1 is 1.62 bits per heavy atom. The van der Waals surface area contributed by atoms with Gasteiger partial charge in [0.2, 0.25) is 5.95 Å². The van der Waals surface area contributed by atoms with E-state index >= 15 is 0 Å². The molecule has 1 aromatic heterocycles. The fourth-order valence-corrected chi connectivity index (χ4v) is 2.57. The molecule has 2 saturated heterocycles. The van der Waals surface area contributed by atoms with Gasteiger partial charge in [0.1, 0.15) is 0 Å². The molecule has 4 heteroatoms. The van der Waals surface area contributed by atoms with Gasteiger partial charge in [-0.1, -0.05) is 5.92 Å². The molecule has 2 aliphatic rings. The first-order valence-electron chi connectivity index (χ1n) is 5.40. The Kier molecular flexibility index (Phi) is 2.08. The first-order chi connectivity index (χ1) is 7.78. The number of hydrogen-bond donors (Lipinski definition) is 1. The summed E-state index contributed by atoms with van der Waals surface area (Å²) in [6.45, 7) is 1.95. The topological polar surface area (TPSA) is 28.2 Å². The van der Waals surface area contributed by atoms with Crippen LogP contribution >= 0.6 is 0 Å². The lowest BCUT2D eigenvalue weighted by molar-refractivity contribution is 0.568. The summed E-state index contributed by atoms with van der Waals surface area (Å²) in [7, 11) is 0. The van der Waals surface area contributed by atoms with Crippen molar-refractivity contribution in [2.75, 3.05) is 18.0 Å². The summed E-state index contributed by atoms with van der Waals surface area (Å²) in [5, 5.41) is 3.42. The second kappa shape index (κ2) is 3.46. The van der Waals surface area contributed by atoms with Crippen LogP contribution < -0.4 is 10.2 Å². The number of aromatic nitrogens is 1. The van der Waals surface area contributed by atoms with Gasteiger partial charge in [-0.3, -0.25) is 0 Å². The number of rotatable bonds is 1. The van der Waals surface area contributed by atoms with Gasteiger partial charge in [0.25, 0.3) is 0 Å². The summed E-state index contributed by atoms with van der Waals surface area (Å²) >= 11 is 0. The van der Waals surface area contributed by atoms with E-state index in [4.69, 9.17) is 6.42 Å². The lowest BCUT2D eigenvalue weighted by atomic mass is 10.2. The van der Waals surface area contributed by atoms with Crippen LogP contribution in [0.15, 0.2) is 12.3 Å². The summed E-state index contributed by atoms with van der Waals surface area (Å²) < 4.78 is 13.2. The lowest BCUT2D eigenvalue weighted by Crippen LogP contribution is -2.43. The molecule has 3 nitrogen and oxygen atoms in total. The summed E-state index contributed by atoms with van der Waals surface area (Å²) in [5.41, 5.74) is 1.18. The zero-order chi connectivity index (χ0) is 11.1. The molecule has 0 aliphatic carbocycles. The molecule has 0 aromatic carbocycles. The molecule has 0 amide bonds. The van der Waals surface area contributed by atoms with E-state index in [0.717, 1.165) is 25.2 Å². The fraction of sp³-hybridized carbons (Fsp3) is 0.417. The van der Waals surface area contributed by atoms with Crippen LogP contribution in [-0.4, -0.2) is 30.2 Å². The van der Waals surface area contributed by atoms with Gasteiger partial charge in [-0.05, 0) is 12.5 Å². The summed E-state index contributed by atoms with van der Waals surface area (Å²) in [6.07, 6.45) is 7.96. The van der Waals surface area contributed by atoms with Crippen molar-refractivity contribution in [2.24, 2.45) is 0 Å². The second-order valence-electron chi connectivity index (χ2n) is 4.32. The first-order valence-corrected chi connectivity index (χ1v) is 5.40. The highest BCUT2D eigenvalue weighted by atomic mass is 19.1. The number of pyridine rings is 1. The van der Waals surface area contributed by atoms with Crippen molar-refractivity contribution in [1.29, 1.82) is 0 Å². The zero-order valence-corrected chi connectivity index (χ0v) is 8.78. The smallest absolute Gasteiger partial charge is 0.228 e. The van der Waals surface area contributed by atoms with Gasteiger partial charge in [-0.25, -0.2) is 4.98 Å². The standard InChI is InChI=1S/C12H12FN3/c1-2-8-3-10(6-15-12(8)13)16-7-9-4-11(16)5-14-9/h1,3,6,9,11,14H,4-5,7H2/t9-,11-/m0/s1. The third-order valence-corrected chi connectivity index (χ3v) is 3.37. The highest BCUT2D eigenvalue weighted by Gasteiger charge is 2.37. The van der Waals surface area contributed by atoms with Crippen LogP contribution in [0.25, 0.3) is 0 Å². The van der Waals surface area contributed by atoms with Gasteiger partial charge in [0.05, 0.1) is 17.4 Å². The van der Waals surface area contributed by atoms with Crippen LogP contribution in [0.1, 0.15) is 12.0 Å². The molecule has 0 unspecified atom stereocenters. The normalized spacial score (nSPS) is 27.1. The van der Waals surface area contributed by atoms with E-state index in [-0.39, 0.29) is 5.56 Å². The van der Waals surface area contributed by atoms with Gasteiger partial charge in [-0.15, -0.1) is 6.42 Å². The second-order valence-corrected chi connectivity index (χ2v) is 4.32. The molecule has 82 valence electrons. The highest BCUT2D eigenvalue weighted by Crippen LogP contribution is 2.29. The minimum Gasteiger partial charge on any atom is -0.364 e. The molecule has 3 rings (SSSR count). The van der Waals surface area contributed by atoms with E-state index in [2.05, 4.69) is 21.1 Å². The molecular weight excluding hydrogens is 205 g/mol. The van der Waals surface area contributed by atoms with Gasteiger partial charge in [0.15, 0.2) is 0 Å². The quantitative estimate of drug-likeness (QED) is 0.556. The van der Waals surface area contributed by atoms with Crippen molar-refractivity contribution in [3.63, 3.8) is 0 Å². The fourth-order valence-electron chi connectivity index (χ4n) is 2.57. The Morgan fingerprint density at radius 3 is 3.12 bits per heavy atom. The number of halogens is 1. The predicted octanol–water partition coefficient (Wildman–Crippen LogP) is 0.753. The molecule has 1 aromatic rings. The monoisotopic (exact) mass is 217 g/mol. The van der Waals surface area contributed by atoms with E-state index in [0.29, 0.717) is 12.1 Å². The van der Waals surface area contributed by atoms with Crippen LogP contribution in [0.4, 0.5) is 10.1 Å². The molecule has 0 radical (unpaired) electrons. The van der Waals surface area contributed by atoms with Crippen molar-refractivity contribution in [3.8, 4) is 12.3 Å². The maximum atomic E-state index is 13.2. The SMILES string of the molecule is C#Cc1cc(N2C[C@@H]3C[C@H]2CN3)cnc1F. The zero-order valence-electron chi connectivity index (χ0n) is 8.78. The molecular formula is C12H12FN3. The summed E-state index contributed by atoms with van der Waals surface area (Å²) in [4.78, 5) is 5.97. The third-order valence-electron chi connectivity index (χ3n) is 3.37. The minimum absolute atomic E-state index is 0.244. The molecule has 1 N–H and O–H groups in total. The molecule has 2 bridgehead atoms. The number of nitrogens with zero attached hydrogens (tertiary/aromatic N) is 2. The van der Waals surface area contributed by atoms with Gasteiger partial charge in [-0.2, -0.15) is 4.39 Å². The number of nitrogens with one attached hydrogen (secondary N) is 1. The molecule has 2 fully saturated rings. The summed E-state index contributed by atoms with van der Waals surface area (Å²) in [6, 6.07) is 2.77. The van der Waals surface area contributed by atoms with Gasteiger partial charge < -0.3 is 10.2 Å². The van der Waals surface area contributed by atoms with E-state index < -0.39 is 5.95 Å². The van der Waals surface area contributed by atoms with E-state index in [1.807, 2.05) is 0 Å². The molecule has 2 aliphatic heterocycles. The van der Waals surface area contributed by atoms with E-state index in [1.54, 1.807) is 12.3 Å². The van der Waals surface area contributed by atoms with Crippen molar-refractivity contribution in [1.82, 2.24) is 10.3 Å². The maximum Gasteiger partial charge on any atom is 0.228 e. The van der Waals surface area contributed by atoms with E-state index in [1.165, 1.54) is 0 Å². The van der Waals surface area contributed by atoms with Crippen LogP contribution in [0.5, 0.6) is 0 Å². The van der Waals surface area contributed by atoms with Crippen molar-refractivity contribution in [2.45, 2.75) is 18.5 Å². The number of piperazine rings is 1. The van der Waals surface area contributed by atoms with Crippen molar-refractivity contribution < 1.29 is 4.39 Å². The minimum atomic E-state index is -0.561. The molecule has 16 heavy (non-hydrogen) atoms. The average molecular weight is 217 g/mol. The predicted molar refractivity (Wildman–Crippen MR) is 59.7 cm³/mol. The van der Waals surface area contributed by atoms with Crippen LogP contribution in [0.2, 0.25) is 0 Å². The molecule has 0 saturated carbocycles. The first kappa shape index (κ1) is 9.61. The van der Waals surface area contributed by atoms with Gasteiger partial charge >= 0.3 is 0 Å². The highest BCUT2D eigenvalue weighted by molar-refractivity contribution is 5.52. The molecule has 2 atom stereocenters. The Hall–Kier alpha value is -1.60. The van der Waals surface area contributed by atoms with Crippen molar-refractivity contribution >= 4 is 5.69 Å².